The van der Waals surface area contributed by atoms with Gasteiger partial charge in [0.15, 0.2) is 5.78 Å². The van der Waals surface area contributed by atoms with Gasteiger partial charge in [0.25, 0.3) is 0 Å². The van der Waals surface area contributed by atoms with Crippen molar-refractivity contribution in [1.29, 1.82) is 5.26 Å². The number of hydrogen-bond donors (Lipinski definition) is 0. The molecule has 0 aliphatic heterocycles. The van der Waals surface area contributed by atoms with E-state index >= 15 is 0 Å². The molecule has 0 fully saturated rings. The van der Waals surface area contributed by atoms with E-state index in [1.807, 2.05) is 6.92 Å². The molecule has 16 heavy (non-hydrogen) atoms. The van der Waals surface area contributed by atoms with Crippen LogP contribution in [0.3, 0.4) is 0 Å². The Morgan fingerprint density at radius 2 is 2.38 bits per heavy atom. The van der Waals surface area contributed by atoms with Crippen LogP contribution in [0.4, 0.5) is 0 Å². The number of nitriles is 1. The van der Waals surface area contributed by atoms with Crippen LogP contribution < -0.4 is 0 Å². The maximum Gasteiger partial charge on any atom is 0.170 e. The van der Waals surface area contributed by atoms with Crippen molar-refractivity contribution in [3.63, 3.8) is 0 Å². The number of ketones is 1. The molecule has 1 aromatic rings. The van der Waals surface area contributed by atoms with Gasteiger partial charge in [-0.25, -0.2) is 0 Å². The lowest BCUT2D eigenvalue weighted by molar-refractivity contribution is 0.0918. The molecule has 1 unspecified atom stereocenters. The Kier molecular flexibility index (Phi) is 4.71. The van der Waals surface area contributed by atoms with Gasteiger partial charge in [-0.2, -0.15) is 10.4 Å². The minimum atomic E-state index is -0.190. The van der Waals surface area contributed by atoms with Crippen molar-refractivity contribution in [3.05, 3.63) is 18.0 Å². The van der Waals surface area contributed by atoms with E-state index in [9.17, 15) is 4.79 Å². The molecule has 1 aromatic heterocycles. The first-order chi connectivity index (χ1) is 7.72. The van der Waals surface area contributed by atoms with E-state index in [4.69, 9.17) is 5.26 Å². The summed E-state index contributed by atoms with van der Waals surface area (Å²) in [6, 6.07) is 2.05. The normalized spacial score (nSPS) is 12.1. The predicted octanol–water partition coefficient (Wildman–Crippen LogP) is 2.42. The van der Waals surface area contributed by atoms with Gasteiger partial charge < -0.3 is 0 Å². The third kappa shape index (κ3) is 2.93. The van der Waals surface area contributed by atoms with Gasteiger partial charge in [0.2, 0.25) is 0 Å². The summed E-state index contributed by atoms with van der Waals surface area (Å²) in [5.74, 6) is -0.157. The maximum absolute atomic E-state index is 12.0. The Bertz CT molecular complexity index is 389. The highest BCUT2D eigenvalue weighted by molar-refractivity contribution is 5.97. The number of Topliss-reactive ketones (excluding diaryl/α,β-unsaturated/α-hetero) is 1. The Morgan fingerprint density at radius 1 is 1.62 bits per heavy atom. The smallest absolute Gasteiger partial charge is 0.170 e. The molecule has 1 rings (SSSR count). The van der Waals surface area contributed by atoms with Crippen molar-refractivity contribution in [2.75, 3.05) is 0 Å². The molecule has 1 heterocycles. The Hall–Kier alpha value is -1.63. The highest BCUT2D eigenvalue weighted by atomic mass is 16.1. The van der Waals surface area contributed by atoms with E-state index in [0.717, 1.165) is 13.0 Å². The summed E-state index contributed by atoms with van der Waals surface area (Å²) in [7, 11) is 0. The number of rotatable bonds is 6. The highest BCUT2D eigenvalue weighted by Gasteiger charge is 2.19. The number of carbonyl (C=O) groups excluding carboxylic acids is 1. The van der Waals surface area contributed by atoms with Crippen LogP contribution in [0.1, 0.15) is 43.5 Å². The fraction of sp³-hybridized carbons (Fsp3) is 0.583. The second-order valence-corrected chi connectivity index (χ2v) is 3.82. The molecule has 0 spiro atoms. The molecular formula is C12H17N3O. The summed E-state index contributed by atoms with van der Waals surface area (Å²) in [5, 5.41) is 12.7. The predicted molar refractivity (Wildman–Crippen MR) is 60.9 cm³/mol. The van der Waals surface area contributed by atoms with Crippen molar-refractivity contribution >= 4 is 5.78 Å². The molecule has 86 valence electrons. The number of aryl methyl sites for hydroxylation is 1. The molecule has 0 saturated carbocycles. The third-order valence-electron chi connectivity index (χ3n) is 2.57. The van der Waals surface area contributed by atoms with Crippen LogP contribution in [0.25, 0.3) is 0 Å². The summed E-state index contributed by atoms with van der Waals surface area (Å²) in [6.45, 7) is 4.81. The van der Waals surface area contributed by atoms with Crippen molar-refractivity contribution in [3.8, 4) is 6.07 Å². The Morgan fingerprint density at radius 3 is 2.94 bits per heavy atom. The summed E-state index contributed by atoms with van der Waals surface area (Å²) < 4.78 is 1.77. The molecule has 1 atom stereocenters. The first-order valence-electron chi connectivity index (χ1n) is 5.66. The van der Waals surface area contributed by atoms with Gasteiger partial charge in [-0.3, -0.25) is 9.48 Å². The van der Waals surface area contributed by atoms with E-state index in [-0.39, 0.29) is 18.1 Å². The molecular weight excluding hydrogens is 202 g/mol. The first kappa shape index (κ1) is 12.4. The minimum Gasteiger partial charge on any atom is -0.294 e. The maximum atomic E-state index is 12.0. The van der Waals surface area contributed by atoms with Crippen molar-refractivity contribution in [1.82, 2.24) is 9.78 Å². The SMILES string of the molecule is CCCn1cc(C(=O)C(CC)CC#N)cn1. The highest BCUT2D eigenvalue weighted by Crippen LogP contribution is 2.15. The molecule has 0 N–H and O–H groups in total. The molecule has 0 bridgehead atoms. The number of nitrogens with zero attached hydrogens (tertiary/aromatic N) is 3. The van der Waals surface area contributed by atoms with Crippen LogP contribution >= 0.6 is 0 Å². The van der Waals surface area contributed by atoms with Crippen LogP contribution in [0.15, 0.2) is 12.4 Å². The number of aromatic nitrogens is 2. The molecule has 4 heteroatoms. The first-order valence-corrected chi connectivity index (χ1v) is 5.66. The number of hydrogen-bond acceptors (Lipinski definition) is 3. The van der Waals surface area contributed by atoms with Crippen molar-refractivity contribution in [2.45, 2.75) is 39.7 Å². The third-order valence-corrected chi connectivity index (χ3v) is 2.57. The van der Waals surface area contributed by atoms with Crippen molar-refractivity contribution < 1.29 is 4.79 Å². The average molecular weight is 219 g/mol. The fourth-order valence-electron chi connectivity index (χ4n) is 1.61. The van der Waals surface area contributed by atoms with Gasteiger partial charge in [0.1, 0.15) is 0 Å². The molecule has 0 aliphatic rings. The molecule has 0 amide bonds. The van der Waals surface area contributed by atoms with E-state index in [1.165, 1.54) is 0 Å². The minimum absolute atomic E-state index is 0.0337. The lowest BCUT2D eigenvalue weighted by Crippen LogP contribution is -2.12. The Labute approximate surface area is 95.9 Å². The molecule has 0 saturated heterocycles. The lowest BCUT2D eigenvalue weighted by Gasteiger charge is -2.07. The summed E-state index contributed by atoms with van der Waals surface area (Å²) in [6.07, 6.45) is 5.34. The van der Waals surface area contributed by atoms with Crippen molar-refractivity contribution in [2.24, 2.45) is 5.92 Å². The molecule has 0 aliphatic carbocycles. The average Bonchev–Trinajstić information content (AvgIpc) is 2.74. The molecule has 0 radical (unpaired) electrons. The van der Waals surface area contributed by atoms with Crippen LogP contribution in [0, 0.1) is 17.2 Å². The quantitative estimate of drug-likeness (QED) is 0.690. The Balaban J connectivity index is 2.75. The van der Waals surface area contributed by atoms with Gasteiger partial charge in [0, 0.05) is 25.1 Å². The summed E-state index contributed by atoms with van der Waals surface area (Å²) in [4.78, 5) is 12.0. The standard InChI is InChI=1S/C12H17N3O/c1-3-7-15-9-11(8-14-15)12(16)10(4-2)5-6-13/h8-10H,3-5,7H2,1-2H3. The van der Waals surface area contributed by atoms with E-state index in [1.54, 1.807) is 17.1 Å². The van der Waals surface area contributed by atoms with E-state index in [2.05, 4.69) is 18.1 Å². The largest absolute Gasteiger partial charge is 0.294 e. The topological polar surface area (TPSA) is 58.7 Å². The molecule has 4 nitrogen and oxygen atoms in total. The van der Waals surface area contributed by atoms with Crippen LogP contribution in [-0.4, -0.2) is 15.6 Å². The van der Waals surface area contributed by atoms with Crippen LogP contribution in [-0.2, 0) is 6.54 Å². The lowest BCUT2D eigenvalue weighted by atomic mass is 9.94. The van der Waals surface area contributed by atoms with Gasteiger partial charge in [0.05, 0.1) is 17.8 Å². The second-order valence-electron chi connectivity index (χ2n) is 3.82. The van der Waals surface area contributed by atoms with Crippen LogP contribution in [0.2, 0.25) is 0 Å². The monoisotopic (exact) mass is 219 g/mol. The fourth-order valence-corrected chi connectivity index (χ4v) is 1.61. The second kappa shape index (κ2) is 6.06. The zero-order valence-electron chi connectivity index (χ0n) is 9.81. The zero-order valence-corrected chi connectivity index (χ0v) is 9.81. The van der Waals surface area contributed by atoms with E-state index < -0.39 is 0 Å². The molecule has 0 aromatic carbocycles. The number of carbonyl (C=O) groups is 1. The summed E-state index contributed by atoms with van der Waals surface area (Å²) in [5.41, 5.74) is 0.621. The van der Waals surface area contributed by atoms with Crippen LogP contribution in [0.5, 0.6) is 0 Å². The van der Waals surface area contributed by atoms with Gasteiger partial charge in [-0.1, -0.05) is 13.8 Å². The van der Waals surface area contributed by atoms with Gasteiger partial charge in [-0.15, -0.1) is 0 Å². The van der Waals surface area contributed by atoms with Gasteiger partial charge in [-0.05, 0) is 12.8 Å². The van der Waals surface area contributed by atoms with E-state index in [0.29, 0.717) is 12.0 Å². The van der Waals surface area contributed by atoms with Gasteiger partial charge >= 0.3 is 0 Å². The zero-order chi connectivity index (χ0) is 12.0. The summed E-state index contributed by atoms with van der Waals surface area (Å²) >= 11 is 0.